The third kappa shape index (κ3) is 6.48. The van der Waals surface area contributed by atoms with Crippen molar-refractivity contribution in [2.24, 2.45) is 5.92 Å². The van der Waals surface area contributed by atoms with Crippen LogP contribution in [0.25, 0.3) is 0 Å². The van der Waals surface area contributed by atoms with E-state index in [1.807, 2.05) is 26.0 Å². The van der Waals surface area contributed by atoms with Crippen LogP contribution in [-0.2, 0) is 19.1 Å². The first-order valence-electron chi connectivity index (χ1n) is 11.7. The molecule has 0 unspecified atom stereocenters. The topological polar surface area (TPSA) is 94.2 Å². The number of nitrogens with zero attached hydrogens (tertiary/aromatic N) is 1. The third-order valence-corrected chi connectivity index (χ3v) is 7.22. The highest BCUT2D eigenvalue weighted by Crippen LogP contribution is 2.30. The van der Waals surface area contributed by atoms with Gasteiger partial charge in [-0.2, -0.15) is 0 Å². The molecule has 1 atom stereocenters. The van der Waals surface area contributed by atoms with Crippen LogP contribution >= 0.6 is 15.9 Å². The minimum Gasteiger partial charge on any atom is -0.497 e. The first kappa shape index (κ1) is 26.2. The van der Waals surface area contributed by atoms with E-state index in [4.69, 9.17) is 14.2 Å². The summed E-state index contributed by atoms with van der Waals surface area (Å²) in [6.45, 7) is 3.62. The van der Waals surface area contributed by atoms with Crippen molar-refractivity contribution in [3.05, 3.63) is 76.3 Å². The standard InChI is InChI=1S/C28H27BrN2O6/c1-17-12-20(13-18(2)27(17)29)30-25(32)16-36-28(34)19-14-26(33)31(15-19)21-4-6-23(7-5-21)37-24-10-8-22(35-3)9-11-24/h4-13,19H,14-16H2,1-3H3,(H,30,32)/t19-/m0/s1. The van der Waals surface area contributed by atoms with E-state index in [2.05, 4.69) is 21.2 Å². The minimum atomic E-state index is -0.646. The van der Waals surface area contributed by atoms with Gasteiger partial charge in [0, 0.05) is 28.8 Å². The van der Waals surface area contributed by atoms with Crippen LogP contribution in [0.3, 0.4) is 0 Å². The molecule has 192 valence electrons. The van der Waals surface area contributed by atoms with Crippen LogP contribution in [0.2, 0.25) is 0 Å². The van der Waals surface area contributed by atoms with Gasteiger partial charge in [0.1, 0.15) is 17.2 Å². The number of halogens is 1. The molecule has 4 rings (SSSR count). The SMILES string of the molecule is COc1ccc(Oc2ccc(N3C[C@@H](C(=O)OCC(=O)Nc4cc(C)c(Br)c(C)c4)CC3=O)cc2)cc1. The lowest BCUT2D eigenvalue weighted by molar-refractivity contribution is -0.151. The summed E-state index contributed by atoms with van der Waals surface area (Å²) in [6, 6.07) is 17.9. The average molecular weight is 567 g/mol. The van der Waals surface area contributed by atoms with E-state index in [9.17, 15) is 14.4 Å². The Bertz CT molecular complexity index is 1280. The Labute approximate surface area is 223 Å². The van der Waals surface area contributed by atoms with Crippen molar-refractivity contribution >= 4 is 45.1 Å². The second kappa shape index (κ2) is 11.5. The van der Waals surface area contributed by atoms with Gasteiger partial charge in [0.2, 0.25) is 5.91 Å². The van der Waals surface area contributed by atoms with Crippen molar-refractivity contribution in [3.8, 4) is 17.2 Å². The van der Waals surface area contributed by atoms with E-state index in [0.717, 1.165) is 21.3 Å². The molecule has 0 aliphatic carbocycles. The van der Waals surface area contributed by atoms with Crippen molar-refractivity contribution < 1.29 is 28.6 Å². The number of methoxy groups -OCH3 is 1. The molecule has 1 N–H and O–H groups in total. The molecule has 3 aromatic rings. The normalized spacial score (nSPS) is 14.9. The fourth-order valence-corrected chi connectivity index (χ4v) is 4.29. The zero-order valence-corrected chi connectivity index (χ0v) is 22.3. The number of hydrogen-bond acceptors (Lipinski definition) is 6. The van der Waals surface area contributed by atoms with Gasteiger partial charge in [0.15, 0.2) is 6.61 Å². The van der Waals surface area contributed by atoms with Crippen molar-refractivity contribution in [1.82, 2.24) is 0 Å². The molecule has 9 heteroatoms. The van der Waals surface area contributed by atoms with Gasteiger partial charge in [0.05, 0.1) is 13.0 Å². The Morgan fingerprint density at radius 2 is 1.54 bits per heavy atom. The molecule has 0 saturated carbocycles. The molecule has 37 heavy (non-hydrogen) atoms. The first-order chi connectivity index (χ1) is 17.7. The Hall–Kier alpha value is -3.85. The minimum absolute atomic E-state index is 0.0235. The average Bonchev–Trinajstić information content (AvgIpc) is 3.28. The van der Waals surface area contributed by atoms with Gasteiger partial charge in [0.25, 0.3) is 5.91 Å². The predicted molar refractivity (Wildman–Crippen MR) is 143 cm³/mol. The number of ether oxygens (including phenoxy) is 3. The van der Waals surface area contributed by atoms with Gasteiger partial charge in [-0.15, -0.1) is 0 Å². The molecule has 1 heterocycles. The van der Waals surface area contributed by atoms with E-state index in [1.54, 1.807) is 55.6 Å². The highest BCUT2D eigenvalue weighted by Gasteiger charge is 2.36. The number of hydrogen-bond donors (Lipinski definition) is 1. The number of carbonyl (C=O) groups excluding carboxylic acids is 3. The molecule has 0 spiro atoms. The molecule has 2 amide bonds. The molecule has 1 saturated heterocycles. The monoisotopic (exact) mass is 566 g/mol. The highest BCUT2D eigenvalue weighted by molar-refractivity contribution is 9.10. The maximum Gasteiger partial charge on any atom is 0.311 e. The number of amides is 2. The first-order valence-corrected chi connectivity index (χ1v) is 12.5. The zero-order valence-electron chi connectivity index (χ0n) is 20.7. The van der Waals surface area contributed by atoms with E-state index >= 15 is 0 Å². The van der Waals surface area contributed by atoms with Crippen molar-refractivity contribution in [3.63, 3.8) is 0 Å². The number of benzene rings is 3. The summed E-state index contributed by atoms with van der Waals surface area (Å²) in [5.74, 6) is 0.154. The molecule has 1 aliphatic rings. The summed E-state index contributed by atoms with van der Waals surface area (Å²) in [5, 5.41) is 2.74. The van der Waals surface area contributed by atoms with Crippen LogP contribution in [0.4, 0.5) is 11.4 Å². The molecule has 0 aromatic heterocycles. The van der Waals surface area contributed by atoms with Gasteiger partial charge in [-0.25, -0.2) is 0 Å². The molecular formula is C28H27BrN2O6. The molecule has 1 aliphatic heterocycles. The summed E-state index contributed by atoms with van der Waals surface area (Å²) < 4.78 is 17.2. The maximum absolute atomic E-state index is 12.6. The molecule has 8 nitrogen and oxygen atoms in total. The lowest BCUT2D eigenvalue weighted by Gasteiger charge is -2.17. The summed E-state index contributed by atoms with van der Waals surface area (Å²) in [4.78, 5) is 39.0. The van der Waals surface area contributed by atoms with Crippen LogP contribution < -0.4 is 19.7 Å². The van der Waals surface area contributed by atoms with Gasteiger partial charge in [-0.05, 0) is 85.6 Å². The molecule has 0 radical (unpaired) electrons. The lowest BCUT2D eigenvalue weighted by atomic mass is 10.1. The summed E-state index contributed by atoms with van der Waals surface area (Å²) in [7, 11) is 1.60. The molecule has 3 aromatic carbocycles. The molecular weight excluding hydrogens is 540 g/mol. The number of aryl methyl sites for hydroxylation is 2. The van der Waals surface area contributed by atoms with E-state index in [-0.39, 0.29) is 18.9 Å². The fraction of sp³-hybridized carbons (Fsp3) is 0.250. The van der Waals surface area contributed by atoms with Crippen molar-refractivity contribution in [2.75, 3.05) is 30.5 Å². The summed E-state index contributed by atoms with van der Waals surface area (Å²) in [6.07, 6.45) is 0.0235. The Kier molecular flexibility index (Phi) is 8.13. The summed E-state index contributed by atoms with van der Waals surface area (Å²) >= 11 is 3.49. The Morgan fingerprint density at radius 3 is 2.14 bits per heavy atom. The number of anilines is 2. The third-order valence-electron chi connectivity index (χ3n) is 5.97. The number of rotatable bonds is 8. The molecule has 0 bridgehead atoms. The second-order valence-electron chi connectivity index (χ2n) is 8.76. The Morgan fingerprint density at radius 1 is 0.973 bits per heavy atom. The van der Waals surface area contributed by atoms with Gasteiger partial charge >= 0.3 is 5.97 Å². The fourth-order valence-electron chi connectivity index (χ4n) is 4.06. The maximum atomic E-state index is 12.6. The van der Waals surface area contributed by atoms with Crippen LogP contribution in [0.1, 0.15) is 17.5 Å². The predicted octanol–water partition coefficient (Wildman–Crippen LogP) is 5.40. The van der Waals surface area contributed by atoms with Crippen molar-refractivity contribution in [2.45, 2.75) is 20.3 Å². The smallest absolute Gasteiger partial charge is 0.311 e. The molecule has 1 fully saturated rings. The van der Waals surface area contributed by atoms with Gasteiger partial charge in [-0.3, -0.25) is 14.4 Å². The highest BCUT2D eigenvalue weighted by atomic mass is 79.9. The van der Waals surface area contributed by atoms with Crippen LogP contribution in [-0.4, -0.2) is 38.0 Å². The second-order valence-corrected chi connectivity index (χ2v) is 9.55. The van der Waals surface area contributed by atoms with Gasteiger partial charge in [-0.1, -0.05) is 15.9 Å². The van der Waals surface area contributed by atoms with Crippen LogP contribution in [0, 0.1) is 19.8 Å². The van der Waals surface area contributed by atoms with E-state index < -0.39 is 24.4 Å². The van der Waals surface area contributed by atoms with Crippen LogP contribution in [0.5, 0.6) is 17.2 Å². The van der Waals surface area contributed by atoms with E-state index in [0.29, 0.717) is 22.9 Å². The number of esters is 1. The van der Waals surface area contributed by atoms with Gasteiger partial charge < -0.3 is 24.4 Å². The van der Waals surface area contributed by atoms with E-state index in [1.165, 1.54) is 4.90 Å². The zero-order chi connectivity index (χ0) is 26.5. The summed E-state index contributed by atoms with van der Waals surface area (Å²) in [5.41, 5.74) is 3.25. The number of carbonyl (C=O) groups is 3. The largest absolute Gasteiger partial charge is 0.497 e. The van der Waals surface area contributed by atoms with Crippen LogP contribution in [0.15, 0.2) is 65.1 Å². The Balaban J connectivity index is 1.29. The quantitative estimate of drug-likeness (QED) is 0.367. The lowest BCUT2D eigenvalue weighted by Crippen LogP contribution is -2.28. The number of nitrogens with one attached hydrogen (secondary N) is 1. The van der Waals surface area contributed by atoms with Crippen molar-refractivity contribution in [1.29, 1.82) is 0 Å².